The first kappa shape index (κ1) is 22.6. The highest BCUT2D eigenvalue weighted by atomic mass is 16.5. The Morgan fingerprint density at radius 2 is 1.87 bits per heavy atom. The van der Waals surface area contributed by atoms with Crippen molar-refractivity contribution in [3.63, 3.8) is 0 Å². The molecule has 1 fully saturated rings. The summed E-state index contributed by atoms with van der Waals surface area (Å²) in [5.74, 6) is 0.420. The van der Waals surface area contributed by atoms with Crippen LogP contribution in [0.5, 0.6) is 11.5 Å². The van der Waals surface area contributed by atoms with Crippen LogP contribution in [0.4, 0.5) is 5.69 Å². The van der Waals surface area contributed by atoms with Crippen molar-refractivity contribution in [3.8, 4) is 11.5 Å². The number of aromatic hydroxyl groups is 1. The summed E-state index contributed by atoms with van der Waals surface area (Å²) in [5, 5.41) is 16.0. The van der Waals surface area contributed by atoms with E-state index in [4.69, 9.17) is 4.74 Å². The summed E-state index contributed by atoms with van der Waals surface area (Å²) in [5.41, 5.74) is 3.21. The van der Waals surface area contributed by atoms with Crippen molar-refractivity contribution in [1.29, 1.82) is 0 Å². The zero-order chi connectivity index (χ0) is 22.4. The van der Waals surface area contributed by atoms with Gasteiger partial charge in [0.1, 0.15) is 0 Å². The molecule has 3 N–H and O–H groups in total. The van der Waals surface area contributed by atoms with Crippen LogP contribution in [0.25, 0.3) is 0 Å². The molecule has 0 saturated carbocycles. The maximum atomic E-state index is 12.9. The van der Waals surface area contributed by atoms with Crippen LogP contribution in [0.1, 0.15) is 48.2 Å². The van der Waals surface area contributed by atoms with E-state index < -0.39 is 0 Å². The Bertz CT molecular complexity index is 938. The Morgan fingerprint density at radius 3 is 2.55 bits per heavy atom. The van der Waals surface area contributed by atoms with Crippen LogP contribution in [0.15, 0.2) is 36.4 Å². The lowest BCUT2D eigenvalue weighted by molar-refractivity contribution is -0.114. The number of benzene rings is 2. The lowest BCUT2D eigenvalue weighted by Gasteiger charge is -2.18. The zero-order valence-electron chi connectivity index (χ0n) is 18.4. The Balaban J connectivity index is 1.69. The lowest BCUT2D eigenvalue weighted by Crippen LogP contribution is -2.29. The van der Waals surface area contributed by atoms with Gasteiger partial charge in [0.05, 0.1) is 7.11 Å². The fourth-order valence-electron chi connectivity index (χ4n) is 3.86. The molecule has 0 aromatic heterocycles. The fraction of sp³-hybridized carbons (Fsp3) is 0.417. The molecule has 2 aromatic rings. The van der Waals surface area contributed by atoms with E-state index in [2.05, 4.69) is 17.6 Å². The monoisotopic (exact) mass is 425 g/mol. The summed E-state index contributed by atoms with van der Waals surface area (Å²) in [6.45, 7) is 5.66. The van der Waals surface area contributed by atoms with Gasteiger partial charge in [0.25, 0.3) is 5.91 Å². The van der Waals surface area contributed by atoms with Gasteiger partial charge in [-0.25, -0.2) is 0 Å². The van der Waals surface area contributed by atoms with Crippen LogP contribution in [0, 0.1) is 0 Å². The zero-order valence-corrected chi connectivity index (χ0v) is 18.4. The van der Waals surface area contributed by atoms with Gasteiger partial charge in [-0.2, -0.15) is 0 Å². The number of ether oxygens (including phenoxy) is 1. The van der Waals surface area contributed by atoms with E-state index in [1.54, 1.807) is 12.1 Å². The number of carbonyl (C=O) groups is 2. The van der Waals surface area contributed by atoms with E-state index in [0.29, 0.717) is 23.5 Å². The molecule has 2 amide bonds. The molecule has 2 aromatic carbocycles. The normalized spacial score (nSPS) is 14.4. The van der Waals surface area contributed by atoms with Gasteiger partial charge in [0.2, 0.25) is 5.91 Å². The van der Waals surface area contributed by atoms with Crippen molar-refractivity contribution in [3.05, 3.63) is 53.1 Å². The van der Waals surface area contributed by atoms with Gasteiger partial charge < -0.3 is 25.4 Å². The van der Waals surface area contributed by atoms with Gasteiger partial charge in [0, 0.05) is 43.9 Å². The predicted octanol–water partition coefficient (Wildman–Crippen LogP) is 3.32. The number of likely N-dealkylation sites (tertiary alicyclic amines) is 1. The molecule has 0 unspecified atom stereocenters. The van der Waals surface area contributed by atoms with Crippen molar-refractivity contribution in [2.24, 2.45) is 0 Å². The Kier molecular flexibility index (Phi) is 7.52. The van der Waals surface area contributed by atoms with E-state index >= 15 is 0 Å². The topological polar surface area (TPSA) is 90.9 Å². The minimum absolute atomic E-state index is 0.00943. The van der Waals surface area contributed by atoms with Gasteiger partial charge in [-0.1, -0.05) is 6.07 Å². The van der Waals surface area contributed by atoms with Crippen LogP contribution < -0.4 is 15.4 Å². The van der Waals surface area contributed by atoms with Crippen molar-refractivity contribution in [1.82, 2.24) is 10.2 Å². The number of phenolic OH excluding ortho intramolecular Hbond substituents is 1. The highest BCUT2D eigenvalue weighted by molar-refractivity contribution is 5.97. The van der Waals surface area contributed by atoms with Crippen LogP contribution in [-0.4, -0.2) is 48.1 Å². The van der Waals surface area contributed by atoms with Crippen LogP contribution >= 0.6 is 0 Å². The summed E-state index contributed by atoms with van der Waals surface area (Å²) in [4.78, 5) is 26.3. The minimum Gasteiger partial charge on any atom is -0.504 e. The van der Waals surface area contributed by atoms with Crippen molar-refractivity contribution >= 4 is 17.5 Å². The van der Waals surface area contributed by atoms with Crippen LogP contribution in [-0.2, 0) is 17.8 Å². The maximum Gasteiger partial charge on any atom is 0.253 e. The first-order valence-corrected chi connectivity index (χ1v) is 10.7. The van der Waals surface area contributed by atoms with E-state index in [0.717, 1.165) is 43.5 Å². The summed E-state index contributed by atoms with van der Waals surface area (Å²) >= 11 is 0. The average molecular weight is 426 g/mol. The molecule has 1 saturated heterocycles. The standard InChI is InChI=1S/C24H31N3O4/c1-16(10-18-6-7-22(29)23(13-18)31-3)25-15-19-11-20(14-21(12-19)26-17(2)28)24(30)27-8-4-5-9-27/h6-7,11-14,16,25,29H,4-5,8-10,15H2,1-3H3,(H,26,28)/t16-/m0/s1. The SMILES string of the molecule is COc1cc(C[C@H](C)NCc2cc(NC(C)=O)cc(C(=O)N3CCCC3)c2)ccc1O. The summed E-state index contributed by atoms with van der Waals surface area (Å²) in [7, 11) is 1.53. The molecule has 1 aliphatic rings. The number of hydrogen-bond donors (Lipinski definition) is 3. The Hall–Kier alpha value is -3.06. The van der Waals surface area contributed by atoms with Crippen molar-refractivity contribution in [2.75, 3.05) is 25.5 Å². The second-order valence-corrected chi connectivity index (χ2v) is 8.09. The summed E-state index contributed by atoms with van der Waals surface area (Å²) in [6.07, 6.45) is 2.82. The highest BCUT2D eigenvalue weighted by Gasteiger charge is 2.20. The van der Waals surface area contributed by atoms with Gasteiger partial charge in [-0.15, -0.1) is 0 Å². The molecule has 0 aliphatic carbocycles. The minimum atomic E-state index is -0.167. The molecule has 31 heavy (non-hydrogen) atoms. The number of rotatable bonds is 8. The van der Waals surface area contributed by atoms with Gasteiger partial charge in [-0.3, -0.25) is 9.59 Å². The van der Waals surface area contributed by atoms with Gasteiger partial charge in [0.15, 0.2) is 11.5 Å². The molecule has 3 rings (SSSR count). The lowest BCUT2D eigenvalue weighted by atomic mass is 10.0. The van der Waals surface area contributed by atoms with Crippen molar-refractivity contribution < 1.29 is 19.4 Å². The maximum absolute atomic E-state index is 12.9. The molecule has 0 bridgehead atoms. The van der Waals surface area contributed by atoms with E-state index in [9.17, 15) is 14.7 Å². The van der Waals surface area contributed by atoms with Crippen molar-refractivity contribution in [2.45, 2.75) is 45.7 Å². The molecule has 7 nitrogen and oxygen atoms in total. The van der Waals surface area contributed by atoms with E-state index in [1.807, 2.05) is 29.2 Å². The molecule has 166 valence electrons. The first-order chi connectivity index (χ1) is 14.9. The summed E-state index contributed by atoms with van der Waals surface area (Å²) in [6, 6.07) is 11.0. The quantitative estimate of drug-likeness (QED) is 0.604. The molecule has 1 heterocycles. The smallest absolute Gasteiger partial charge is 0.253 e. The third kappa shape index (κ3) is 6.21. The van der Waals surface area contributed by atoms with E-state index in [-0.39, 0.29) is 23.6 Å². The molecular formula is C24H31N3O4. The number of hydrogen-bond acceptors (Lipinski definition) is 5. The second-order valence-electron chi connectivity index (χ2n) is 8.09. The number of carbonyl (C=O) groups excluding carboxylic acids is 2. The molecule has 1 atom stereocenters. The number of phenols is 1. The number of methoxy groups -OCH3 is 1. The fourth-order valence-corrected chi connectivity index (χ4v) is 3.86. The third-order valence-electron chi connectivity index (χ3n) is 5.39. The molecule has 0 spiro atoms. The number of amides is 2. The third-order valence-corrected chi connectivity index (χ3v) is 5.39. The molecule has 7 heteroatoms. The molecular weight excluding hydrogens is 394 g/mol. The second kappa shape index (κ2) is 10.3. The van der Waals surface area contributed by atoms with Gasteiger partial charge >= 0.3 is 0 Å². The predicted molar refractivity (Wildman–Crippen MR) is 121 cm³/mol. The largest absolute Gasteiger partial charge is 0.504 e. The Labute approximate surface area is 183 Å². The van der Waals surface area contributed by atoms with E-state index in [1.165, 1.54) is 14.0 Å². The Morgan fingerprint density at radius 1 is 1.13 bits per heavy atom. The van der Waals surface area contributed by atoms with Crippen LogP contribution in [0.3, 0.4) is 0 Å². The number of nitrogens with one attached hydrogen (secondary N) is 2. The molecule has 1 aliphatic heterocycles. The number of nitrogens with zero attached hydrogens (tertiary/aromatic N) is 1. The number of anilines is 1. The first-order valence-electron chi connectivity index (χ1n) is 10.7. The van der Waals surface area contributed by atoms with Gasteiger partial charge in [-0.05, 0) is 67.6 Å². The molecule has 0 radical (unpaired) electrons. The highest BCUT2D eigenvalue weighted by Crippen LogP contribution is 2.27. The van der Waals surface area contributed by atoms with Crippen LogP contribution in [0.2, 0.25) is 0 Å². The summed E-state index contributed by atoms with van der Waals surface area (Å²) < 4.78 is 5.18. The average Bonchev–Trinajstić information content (AvgIpc) is 3.27.